The summed E-state index contributed by atoms with van der Waals surface area (Å²) in [6.07, 6.45) is 4.52. The molecule has 6 heteroatoms. The van der Waals surface area contributed by atoms with E-state index >= 15 is 0 Å². The summed E-state index contributed by atoms with van der Waals surface area (Å²) in [6.45, 7) is 11.0. The Morgan fingerprint density at radius 1 is 1.33 bits per heavy atom. The fourth-order valence-corrected chi connectivity index (χ4v) is 4.22. The van der Waals surface area contributed by atoms with E-state index in [0.717, 1.165) is 30.5 Å². The second kappa shape index (κ2) is 7.74. The van der Waals surface area contributed by atoms with Gasteiger partial charge in [0, 0.05) is 25.1 Å². The van der Waals surface area contributed by atoms with Crippen LogP contribution in [0.3, 0.4) is 0 Å². The summed E-state index contributed by atoms with van der Waals surface area (Å²) in [5.41, 5.74) is 1.53. The second-order valence-electron chi connectivity index (χ2n) is 9.28. The van der Waals surface area contributed by atoms with Gasteiger partial charge in [-0.25, -0.2) is 9.79 Å². The SMILES string of the molecule is CC(C)C[C@H]1OCC2=CN(C(=O)OC(C)(C)C)CC[C@@H]2[C@@H]2CCC(=O)N=C21. The van der Waals surface area contributed by atoms with Gasteiger partial charge < -0.3 is 9.47 Å². The first kappa shape index (κ1) is 20.1. The molecule has 27 heavy (non-hydrogen) atoms. The molecule has 2 amide bonds. The summed E-state index contributed by atoms with van der Waals surface area (Å²) in [7, 11) is 0. The number of nitrogens with zero attached hydrogens (tertiary/aromatic N) is 2. The predicted octanol–water partition coefficient (Wildman–Crippen LogP) is 3.95. The maximum Gasteiger partial charge on any atom is 0.414 e. The molecule has 0 spiro atoms. The highest BCUT2D eigenvalue weighted by Gasteiger charge is 2.41. The van der Waals surface area contributed by atoms with Crippen molar-refractivity contribution in [2.75, 3.05) is 13.2 Å². The molecule has 0 aromatic rings. The van der Waals surface area contributed by atoms with E-state index in [1.165, 1.54) is 0 Å². The number of fused-ring (bicyclic) bond motifs is 3. The third kappa shape index (κ3) is 4.78. The Kier molecular flexibility index (Phi) is 5.75. The van der Waals surface area contributed by atoms with Crippen LogP contribution in [-0.2, 0) is 14.3 Å². The fourth-order valence-electron chi connectivity index (χ4n) is 4.22. The molecule has 0 aromatic carbocycles. The maximum absolute atomic E-state index is 12.5. The smallest absolute Gasteiger partial charge is 0.414 e. The lowest BCUT2D eigenvalue weighted by Crippen LogP contribution is -2.41. The minimum atomic E-state index is -0.516. The Morgan fingerprint density at radius 2 is 2.07 bits per heavy atom. The lowest BCUT2D eigenvalue weighted by atomic mass is 9.75. The number of rotatable bonds is 2. The van der Waals surface area contributed by atoms with Crippen LogP contribution >= 0.6 is 0 Å². The molecule has 0 aromatic heterocycles. The van der Waals surface area contributed by atoms with Crippen molar-refractivity contribution < 1.29 is 19.1 Å². The Labute approximate surface area is 162 Å². The van der Waals surface area contributed by atoms with Crippen LogP contribution < -0.4 is 0 Å². The van der Waals surface area contributed by atoms with Crippen molar-refractivity contribution in [2.45, 2.75) is 72.0 Å². The third-order valence-electron chi connectivity index (χ3n) is 5.36. The summed E-state index contributed by atoms with van der Waals surface area (Å²) >= 11 is 0. The molecule has 150 valence electrons. The van der Waals surface area contributed by atoms with E-state index in [2.05, 4.69) is 18.8 Å². The molecule has 1 saturated heterocycles. The van der Waals surface area contributed by atoms with E-state index in [1.54, 1.807) is 4.90 Å². The Morgan fingerprint density at radius 3 is 2.74 bits per heavy atom. The molecule has 0 bridgehead atoms. The first-order valence-corrected chi connectivity index (χ1v) is 10.1. The minimum Gasteiger partial charge on any atom is -0.443 e. The highest BCUT2D eigenvalue weighted by Crippen LogP contribution is 2.39. The van der Waals surface area contributed by atoms with Gasteiger partial charge in [0.05, 0.1) is 18.4 Å². The first-order valence-electron chi connectivity index (χ1n) is 10.1. The van der Waals surface area contributed by atoms with Crippen molar-refractivity contribution >= 4 is 17.7 Å². The summed E-state index contributed by atoms with van der Waals surface area (Å²) < 4.78 is 11.7. The Hall–Kier alpha value is -1.69. The molecule has 0 N–H and O–H groups in total. The van der Waals surface area contributed by atoms with Gasteiger partial charge >= 0.3 is 6.09 Å². The first-order chi connectivity index (χ1) is 12.6. The highest BCUT2D eigenvalue weighted by molar-refractivity contribution is 6.02. The Balaban J connectivity index is 1.85. The standard InChI is InChI=1S/C21H32N2O4/c1-13(2)10-17-19-16(6-7-18(24)22-19)15-8-9-23(11-14(15)12-26-17)20(25)27-21(3,4)5/h11,13,15-17H,6-10,12H2,1-5H3/t15-,16-,17+/m0/s1. The largest absolute Gasteiger partial charge is 0.443 e. The summed E-state index contributed by atoms with van der Waals surface area (Å²) in [5, 5.41) is 0. The number of ether oxygens (including phenoxy) is 2. The Bertz CT molecular complexity index is 660. The van der Waals surface area contributed by atoms with E-state index in [1.807, 2.05) is 27.0 Å². The monoisotopic (exact) mass is 376 g/mol. The van der Waals surface area contributed by atoms with E-state index in [4.69, 9.17) is 9.47 Å². The normalized spacial score (nSPS) is 28.7. The lowest BCUT2D eigenvalue weighted by molar-refractivity contribution is -0.118. The van der Waals surface area contributed by atoms with Gasteiger partial charge in [-0.15, -0.1) is 0 Å². The molecule has 0 saturated carbocycles. The summed E-state index contributed by atoms with van der Waals surface area (Å²) in [5.74, 6) is 0.952. The molecular formula is C21H32N2O4. The molecular weight excluding hydrogens is 344 g/mol. The van der Waals surface area contributed by atoms with E-state index in [-0.39, 0.29) is 29.9 Å². The molecule has 3 aliphatic rings. The average molecular weight is 376 g/mol. The molecule has 3 rings (SSSR count). The molecule has 3 aliphatic heterocycles. The van der Waals surface area contributed by atoms with Crippen LogP contribution in [0.4, 0.5) is 4.79 Å². The summed E-state index contributed by atoms with van der Waals surface area (Å²) in [4.78, 5) is 30.5. The number of carbonyl (C=O) groups is 2. The number of amides is 2. The minimum absolute atomic E-state index is 0.0303. The van der Waals surface area contributed by atoms with Gasteiger partial charge in [0.2, 0.25) is 5.91 Å². The van der Waals surface area contributed by atoms with Crippen molar-refractivity contribution in [1.82, 2.24) is 4.90 Å². The van der Waals surface area contributed by atoms with Crippen molar-refractivity contribution in [1.29, 1.82) is 0 Å². The van der Waals surface area contributed by atoms with Crippen LogP contribution in [0.1, 0.15) is 60.3 Å². The van der Waals surface area contributed by atoms with Gasteiger partial charge in [0.25, 0.3) is 0 Å². The van der Waals surface area contributed by atoms with Crippen LogP contribution in [-0.4, -0.2) is 47.5 Å². The highest BCUT2D eigenvalue weighted by atomic mass is 16.6. The molecule has 1 fully saturated rings. The number of aliphatic imine (C=N–C) groups is 1. The number of hydrogen-bond donors (Lipinski definition) is 0. The number of hydrogen-bond acceptors (Lipinski definition) is 4. The third-order valence-corrected chi connectivity index (χ3v) is 5.36. The van der Waals surface area contributed by atoms with Crippen LogP contribution in [0, 0.1) is 17.8 Å². The summed E-state index contributed by atoms with van der Waals surface area (Å²) in [6, 6.07) is 0. The maximum atomic E-state index is 12.5. The van der Waals surface area contributed by atoms with Gasteiger partial charge in [-0.2, -0.15) is 0 Å². The van der Waals surface area contributed by atoms with Gasteiger partial charge in [-0.05, 0) is 57.4 Å². The van der Waals surface area contributed by atoms with Crippen LogP contribution in [0.5, 0.6) is 0 Å². The van der Waals surface area contributed by atoms with Gasteiger partial charge in [0.1, 0.15) is 5.60 Å². The topological polar surface area (TPSA) is 68.2 Å². The fraction of sp³-hybridized carbons (Fsp3) is 0.762. The number of carbonyl (C=O) groups excluding carboxylic acids is 2. The average Bonchev–Trinajstić information content (AvgIpc) is 2.70. The molecule has 0 unspecified atom stereocenters. The van der Waals surface area contributed by atoms with E-state index in [9.17, 15) is 9.59 Å². The zero-order chi connectivity index (χ0) is 19.8. The predicted molar refractivity (Wildman–Crippen MR) is 103 cm³/mol. The van der Waals surface area contributed by atoms with Crippen molar-refractivity contribution in [3.8, 4) is 0 Å². The van der Waals surface area contributed by atoms with E-state index in [0.29, 0.717) is 25.5 Å². The zero-order valence-electron chi connectivity index (χ0n) is 17.2. The molecule has 3 atom stereocenters. The molecule has 0 radical (unpaired) electrons. The van der Waals surface area contributed by atoms with Gasteiger partial charge in [-0.1, -0.05) is 13.8 Å². The molecule has 6 nitrogen and oxygen atoms in total. The quantitative estimate of drug-likeness (QED) is 0.732. The van der Waals surface area contributed by atoms with Crippen molar-refractivity contribution in [3.05, 3.63) is 11.8 Å². The molecule has 3 heterocycles. The molecule has 0 aliphatic carbocycles. The second-order valence-corrected chi connectivity index (χ2v) is 9.28. The van der Waals surface area contributed by atoms with Crippen molar-refractivity contribution in [2.24, 2.45) is 22.7 Å². The van der Waals surface area contributed by atoms with E-state index < -0.39 is 5.60 Å². The van der Waals surface area contributed by atoms with Gasteiger partial charge in [-0.3, -0.25) is 9.69 Å². The van der Waals surface area contributed by atoms with Crippen LogP contribution in [0.15, 0.2) is 16.8 Å². The zero-order valence-corrected chi connectivity index (χ0v) is 17.2. The van der Waals surface area contributed by atoms with Gasteiger partial charge in [0.15, 0.2) is 0 Å². The van der Waals surface area contributed by atoms with Crippen LogP contribution in [0.25, 0.3) is 0 Å². The van der Waals surface area contributed by atoms with Crippen molar-refractivity contribution in [3.63, 3.8) is 0 Å². The van der Waals surface area contributed by atoms with Crippen LogP contribution in [0.2, 0.25) is 0 Å². The lowest BCUT2D eigenvalue weighted by Gasteiger charge is -2.36.